The Morgan fingerprint density at radius 3 is 2.58 bits per heavy atom. The van der Waals surface area contributed by atoms with E-state index in [0.29, 0.717) is 12.7 Å². The predicted octanol–water partition coefficient (Wildman–Crippen LogP) is 3.59. The lowest BCUT2D eigenvalue weighted by Crippen LogP contribution is -2.51. The number of fused-ring (bicyclic) bond motifs is 2. The van der Waals surface area contributed by atoms with Crippen molar-refractivity contribution >= 4 is 32.6 Å². The van der Waals surface area contributed by atoms with Crippen molar-refractivity contribution in [2.45, 2.75) is 19.4 Å². The summed E-state index contributed by atoms with van der Waals surface area (Å²) in [5, 5.41) is 1.08. The highest BCUT2D eigenvalue weighted by Crippen LogP contribution is 2.33. The average Bonchev–Trinajstić information content (AvgIpc) is 3.51. The second kappa shape index (κ2) is 8.83. The molecule has 0 saturated carbocycles. The lowest BCUT2D eigenvalue weighted by atomic mass is 9.95. The Balaban J connectivity index is 0.996. The molecule has 3 aromatic rings. The van der Waals surface area contributed by atoms with Gasteiger partial charge in [-0.2, -0.15) is 0 Å². The third-order valence-corrected chi connectivity index (χ3v) is 8.02. The number of rotatable bonds is 4. The van der Waals surface area contributed by atoms with Crippen molar-refractivity contribution < 1.29 is 14.3 Å². The van der Waals surface area contributed by atoms with Gasteiger partial charge in [0.2, 0.25) is 12.7 Å². The van der Waals surface area contributed by atoms with Crippen LogP contribution < -0.4 is 14.4 Å². The first-order chi connectivity index (χ1) is 16.2. The molecule has 7 nitrogen and oxygen atoms in total. The van der Waals surface area contributed by atoms with E-state index in [4.69, 9.17) is 14.5 Å². The number of para-hydroxylation sites is 1. The molecule has 2 aromatic carbocycles. The lowest BCUT2D eigenvalue weighted by molar-refractivity contribution is -0.138. The monoisotopic (exact) mass is 464 g/mol. The molecule has 6 rings (SSSR count). The van der Waals surface area contributed by atoms with Gasteiger partial charge in [-0.1, -0.05) is 29.5 Å². The molecule has 0 atom stereocenters. The van der Waals surface area contributed by atoms with Crippen LogP contribution in [0, 0.1) is 5.92 Å². The molecule has 0 radical (unpaired) electrons. The summed E-state index contributed by atoms with van der Waals surface area (Å²) < 4.78 is 12.1. The zero-order valence-corrected chi connectivity index (χ0v) is 19.4. The van der Waals surface area contributed by atoms with E-state index in [9.17, 15) is 4.79 Å². The Hall–Kier alpha value is -2.84. The molecule has 0 aliphatic carbocycles. The highest BCUT2D eigenvalue weighted by atomic mass is 32.1. The van der Waals surface area contributed by atoms with Crippen molar-refractivity contribution in [2.24, 2.45) is 5.92 Å². The van der Waals surface area contributed by atoms with E-state index < -0.39 is 0 Å². The molecule has 1 aromatic heterocycles. The number of piperidine rings is 1. The molecular weight excluding hydrogens is 436 g/mol. The number of ether oxygens (including phenoxy) is 2. The Bertz CT molecular complexity index is 1120. The van der Waals surface area contributed by atoms with Gasteiger partial charge in [0.15, 0.2) is 16.6 Å². The van der Waals surface area contributed by atoms with Crippen molar-refractivity contribution in [1.29, 1.82) is 0 Å². The van der Waals surface area contributed by atoms with Gasteiger partial charge in [-0.15, -0.1) is 0 Å². The van der Waals surface area contributed by atoms with Gasteiger partial charge in [0.1, 0.15) is 0 Å². The van der Waals surface area contributed by atoms with E-state index >= 15 is 0 Å². The van der Waals surface area contributed by atoms with Gasteiger partial charge in [0.25, 0.3) is 0 Å². The number of thiazole rings is 1. The number of hydrogen-bond donors (Lipinski definition) is 0. The number of nitrogens with zero attached hydrogens (tertiary/aromatic N) is 4. The number of anilines is 1. The maximum absolute atomic E-state index is 13.2. The second-order valence-corrected chi connectivity index (χ2v) is 10.0. The average molecular weight is 465 g/mol. The Morgan fingerprint density at radius 2 is 1.76 bits per heavy atom. The van der Waals surface area contributed by atoms with Crippen LogP contribution in [-0.2, 0) is 11.3 Å². The maximum Gasteiger partial charge on any atom is 0.231 e. The number of aromatic nitrogens is 1. The SMILES string of the molecule is O=C(C1CCN(c2nc3ccccc3s2)CC1)N1CCN(Cc2ccc3c(c2)OCO3)CC1. The third-order valence-electron chi connectivity index (χ3n) is 6.92. The molecule has 2 fully saturated rings. The van der Waals surface area contributed by atoms with Gasteiger partial charge in [-0.05, 0) is 42.7 Å². The number of benzene rings is 2. The molecule has 0 N–H and O–H groups in total. The van der Waals surface area contributed by atoms with Gasteiger partial charge in [0.05, 0.1) is 10.2 Å². The zero-order chi connectivity index (χ0) is 22.2. The summed E-state index contributed by atoms with van der Waals surface area (Å²) in [4.78, 5) is 24.8. The number of carbonyl (C=O) groups excluding carboxylic acids is 1. The molecule has 4 heterocycles. The summed E-state index contributed by atoms with van der Waals surface area (Å²) in [6, 6.07) is 14.4. The van der Waals surface area contributed by atoms with Gasteiger partial charge in [-0.3, -0.25) is 9.69 Å². The van der Waals surface area contributed by atoms with Crippen LogP contribution >= 0.6 is 11.3 Å². The molecule has 0 bridgehead atoms. The zero-order valence-electron chi connectivity index (χ0n) is 18.6. The quantitative estimate of drug-likeness (QED) is 0.588. The fourth-order valence-corrected chi connectivity index (χ4v) is 6.01. The maximum atomic E-state index is 13.2. The number of carbonyl (C=O) groups is 1. The molecule has 3 aliphatic heterocycles. The standard InChI is InChI=1S/C25H28N4O3S/c30-24(19-7-9-29(10-8-19)25-26-20-3-1-2-4-23(20)33-25)28-13-11-27(12-14-28)16-18-5-6-21-22(15-18)32-17-31-21/h1-6,15,19H,7-14,16-17H2. The predicted molar refractivity (Wildman–Crippen MR) is 129 cm³/mol. The molecule has 3 aliphatic rings. The summed E-state index contributed by atoms with van der Waals surface area (Å²) in [5.41, 5.74) is 2.29. The Morgan fingerprint density at radius 1 is 0.970 bits per heavy atom. The van der Waals surface area contributed by atoms with Crippen molar-refractivity contribution in [1.82, 2.24) is 14.8 Å². The number of piperazine rings is 1. The van der Waals surface area contributed by atoms with Crippen LogP contribution in [-0.4, -0.2) is 66.8 Å². The highest BCUT2D eigenvalue weighted by molar-refractivity contribution is 7.22. The van der Waals surface area contributed by atoms with Crippen molar-refractivity contribution in [2.75, 3.05) is 51.0 Å². The van der Waals surface area contributed by atoms with Crippen LogP contribution in [0.15, 0.2) is 42.5 Å². The minimum Gasteiger partial charge on any atom is -0.454 e. The first kappa shape index (κ1) is 20.7. The molecule has 172 valence electrons. The summed E-state index contributed by atoms with van der Waals surface area (Å²) in [6.45, 7) is 6.41. The van der Waals surface area contributed by atoms with Gasteiger partial charge in [-0.25, -0.2) is 4.98 Å². The molecule has 0 spiro atoms. The Kier molecular flexibility index (Phi) is 5.55. The topological polar surface area (TPSA) is 58.1 Å². The van der Waals surface area contributed by atoms with Gasteiger partial charge in [0, 0.05) is 51.7 Å². The van der Waals surface area contributed by atoms with Crippen molar-refractivity contribution in [3.05, 3.63) is 48.0 Å². The fourth-order valence-electron chi connectivity index (χ4n) is 5.00. The first-order valence-electron chi connectivity index (χ1n) is 11.7. The van der Waals surface area contributed by atoms with Crippen LogP contribution in [0.3, 0.4) is 0 Å². The normalized spacial score (nSPS) is 19.4. The summed E-state index contributed by atoms with van der Waals surface area (Å²) in [7, 11) is 0. The Labute approximate surface area is 197 Å². The highest BCUT2D eigenvalue weighted by Gasteiger charge is 2.31. The van der Waals surface area contributed by atoms with Crippen LogP contribution in [0.25, 0.3) is 10.2 Å². The number of hydrogen-bond acceptors (Lipinski definition) is 7. The van der Waals surface area contributed by atoms with E-state index in [2.05, 4.69) is 45.0 Å². The summed E-state index contributed by atoms with van der Waals surface area (Å²) in [5.74, 6) is 2.12. The first-order valence-corrected chi connectivity index (χ1v) is 12.5. The van der Waals surface area contributed by atoms with Crippen LogP contribution in [0.4, 0.5) is 5.13 Å². The van der Waals surface area contributed by atoms with Crippen molar-refractivity contribution in [3.63, 3.8) is 0 Å². The van der Waals surface area contributed by atoms with Crippen LogP contribution in [0.1, 0.15) is 18.4 Å². The van der Waals surface area contributed by atoms with E-state index in [0.717, 1.165) is 80.8 Å². The van der Waals surface area contributed by atoms with Crippen LogP contribution in [0.2, 0.25) is 0 Å². The molecular formula is C25H28N4O3S. The fraction of sp³-hybridized carbons (Fsp3) is 0.440. The van der Waals surface area contributed by atoms with Gasteiger partial charge < -0.3 is 19.3 Å². The smallest absolute Gasteiger partial charge is 0.231 e. The van der Waals surface area contributed by atoms with Crippen LogP contribution in [0.5, 0.6) is 11.5 Å². The summed E-state index contributed by atoms with van der Waals surface area (Å²) in [6.07, 6.45) is 1.82. The second-order valence-electron chi connectivity index (χ2n) is 9.01. The molecule has 1 amide bonds. The van der Waals surface area contributed by atoms with Crippen molar-refractivity contribution in [3.8, 4) is 11.5 Å². The minimum absolute atomic E-state index is 0.135. The third kappa shape index (κ3) is 4.25. The minimum atomic E-state index is 0.135. The number of amides is 1. The van der Waals surface area contributed by atoms with Gasteiger partial charge >= 0.3 is 0 Å². The van der Waals surface area contributed by atoms with E-state index in [1.54, 1.807) is 11.3 Å². The lowest BCUT2D eigenvalue weighted by Gasteiger charge is -2.38. The van der Waals surface area contributed by atoms with E-state index in [-0.39, 0.29) is 5.92 Å². The van der Waals surface area contributed by atoms with E-state index in [1.807, 2.05) is 12.1 Å². The summed E-state index contributed by atoms with van der Waals surface area (Å²) >= 11 is 1.75. The van der Waals surface area contributed by atoms with E-state index in [1.165, 1.54) is 10.3 Å². The molecule has 8 heteroatoms. The largest absolute Gasteiger partial charge is 0.454 e. The molecule has 33 heavy (non-hydrogen) atoms. The molecule has 0 unspecified atom stereocenters. The molecule has 2 saturated heterocycles.